The van der Waals surface area contributed by atoms with E-state index in [9.17, 15) is 10.1 Å². The van der Waals surface area contributed by atoms with Gasteiger partial charge in [0.2, 0.25) is 0 Å². The van der Waals surface area contributed by atoms with Crippen LogP contribution in [0.15, 0.2) is 91.0 Å². The second-order valence-corrected chi connectivity index (χ2v) is 6.04. The van der Waals surface area contributed by atoms with Crippen molar-refractivity contribution in [3.8, 4) is 6.07 Å². The molecule has 0 saturated carbocycles. The molecule has 1 aliphatic rings. The zero-order chi connectivity index (χ0) is 17.3. The number of hydrogen-bond donors (Lipinski definition) is 0. The van der Waals surface area contributed by atoms with Crippen LogP contribution in [-0.2, 0) is 10.2 Å². The highest BCUT2D eigenvalue weighted by Gasteiger charge is 2.51. The van der Waals surface area contributed by atoms with Gasteiger partial charge in [0.1, 0.15) is 5.41 Å². The quantitative estimate of drug-likeness (QED) is 0.515. The van der Waals surface area contributed by atoms with E-state index in [0.29, 0.717) is 5.57 Å². The van der Waals surface area contributed by atoms with Crippen LogP contribution >= 0.6 is 0 Å². The Morgan fingerprint density at radius 1 is 0.760 bits per heavy atom. The summed E-state index contributed by atoms with van der Waals surface area (Å²) in [5.41, 5.74) is 3.16. The number of nitriles is 1. The minimum absolute atomic E-state index is 0.0485. The summed E-state index contributed by atoms with van der Waals surface area (Å²) < 4.78 is 0. The second kappa shape index (κ2) is 5.89. The summed E-state index contributed by atoms with van der Waals surface area (Å²) >= 11 is 0. The summed E-state index contributed by atoms with van der Waals surface area (Å²) in [5, 5.41) is 9.20. The average molecular weight is 321 g/mol. The predicted octanol–water partition coefficient (Wildman–Crippen LogP) is 4.51. The molecule has 25 heavy (non-hydrogen) atoms. The van der Waals surface area contributed by atoms with Gasteiger partial charge in [-0.2, -0.15) is 5.26 Å². The third-order valence-electron chi connectivity index (χ3n) is 4.83. The summed E-state index contributed by atoms with van der Waals surface area (Å²) in [6, 6.07) is 29.4. The fraction of sp³-hybridized carbons (Fsp3) is 0.0435. The van der Waals surface area contributed by atoms with Crippen molar-refractivity contribution in [1.29, 1.82) is 5.26 Å². The van der Waals surface area contributed by atoms with E-state index in [1.807, 2.05) is 91.0 Å². The molecule has 3 aromatic carbocycles. The molecule has 0 saturated heterocycles. The summed E-state index contributed by atoms with van der Waals surface area (Å²) in [6.45, 7) is 0. The van der Waals surface area contributed by atoms with Crippen molar-refractivity contribution < 1.29 is 4.79 Å². The molecular weight excluding hydrogens is 306 g/mol. The van der Waals surface area contributed by atoms with Crippen molar-refractivity contribution in [1.82, 2.24) is 0 Å². The number of fused-ring (bicyclic) bond motifs is 1. The van der Waals surface area contributed by atoms with Gasteiger partial charge in [0.15, 0.2) is 5.78 Å². The van der Waals surface area contributed by atoms with E-state index in [1.54, 1.807) is 0 Å². The fourth-order valence-corrected chi connectivity index (χ4v) is 3.82. The molecule has 1 aliphatic carbocycles. The number of benzene rings is 3. The standard InChI is InChI=1S/C23H15NO/c24-16-15-20-19-13-7-8-14-21(19)23(22(20)25,17-9-3-1-4-10-17)18-11-5-2-6-12-18/h1-15H/b20-15-. The highest BCUT2D eigenvalue weighted by molar-refractivity contribution is 6.32. The Morgan fingerprint density at radius 3 is 1.84 bits per heavy atom. The molecule has 0 fully saturated rings. The molecule has 2 heteroatoms. The lowest BCUT2D eigenvalue weighted by atomic mass is 9.69. The molecule has 0 amide bonds. The topological polar surface area (TPSA) is 40.9 Å². The van der Waals surface area contributed by atoms with Crippen molar-refractivity contribution in [2.75, 3.05) is 0 Å². The van der Waals surface area contributed by atoms with Crippen molar-refractivity contribution in [3.63, 3.8) is 0 Å². The molecule has 0 unspecified atom stereocenters. The number of ketones is 1. The van der Waals surface area contributed by atoms with Crippen LogP contribution < -0.4 is 0 Å². The first-order valence-electron chi connectivity index (χ1n) is 8.15. The zero-order valence-corrected chi connectivity index (χ0v) is 13.5. The summed E-state index contributed by atoms with van der Waals surface area (Å²) in [6.07, 6.45) is 1.37. The summed E-state index contributed by atoms with van der Waals surface area (Å²) in [7, 11) is 0. The molecule has 118 valence electrons. The van der Waals surface area contributed by atoms with Crippen molar-refractivity contribution in [3.05, 3.63) is 113 Å². The van der Waals surface area contributed by atoms with Gasteiger partial charge < -0.3 is 0 Å². The highest BCUT2D eigenvalue weighted by atomic mass is 16.1. The Morgan fingerprint density at radius 2 is 1.28 bits per heavy atom. The molecule has 2 nitrogen and oxygen atoms in total. The van der Waals surface area contributed by atoms with E-state index in [2.05, 4.69) is 0 Å². The monoisotopic (exact) mass is 321 g/mol. The van der Waals surface area contributed by atoms with E-state index >= 15 is 0 Å². The zero-order valence-electron chi connectivity index (χ0n) is 13.5. The van der Waals surface area contributed by atoms with Crippen LogP contribution in [0.3, 0.4) is 0 Å². The van der Waals surface area contributed by atoms with Gasteiger partial charge in [-0.15, -0.1) is 0 Å². The molecule has 0 bridgehead atoms. The molecule has 0 radical (unpaired) electrons. The third kappa shape index (κ3) is 2.07. The summed E-state index contributed by atoms with van der Waals surface area (Å²) in [4.78, 5) is 13.7. The van der Waals surface area contributed by atoms with Crippen LogP contribution in [0.4, 0.5) is 0 Å². The minimum Gasteiger partial charge on any atom is -0.292 e. The average Bonchev–Trinajstić information content (AvgIpc) is 2.93. The van der Waals surface area contributed by atoms with Gasteiger partial charge in [0.05, 0.1) is 6.07 Å². The first-order valence-corrected chi connectivity index (χ1v) is 8.15. The molecule has 0 aliphatic heterocycles. The largest absolute Gasteiger partial charge is 0.292 e. The van der Waals surface area contributed by atoms with Gasteiger partial charge in [0.25, 0.3) is 0 Å². The van der Waals surface area contributed by atoms with E-state index < -0.39 is 5.41 Å². The molecule has 0 N–H and O–H groups in total. The Hall–Kier alpha value is -3.44. The lowest BCUT2D eigenvalue weighted by Gasteiger charge is -2.30. The van der Waals surface area contributed by atoms with Crippen LogP contribution in [0.5, 0.6) is 0 Å². The molecule has 0 spiro atoms. The Labute approximate surface area is 146 Å². The number of rotatable bonds is 2. The van der Waals surface area contributed by atoms with Crippen LogP contribution in [0, 0.1) is 11.3 Å². The van der Waals surface area contributed by atoms with Gasteiger partial charge in [-0.05, 0) is 22.3 Å². The second-order valence-electron chi connectivity index (χ2n) is 6.04. The smallest absolute Gasteiger partial charge is 0.183 e. The molecule has 0 heterocycles. The van der Waals surface area contributed by atoms with Crippen molar-refractivity contribution >= 4 is 11.4 Å². The van der Waals surface area contributed by atoms with E-state index in [1.165, 1.54) is 6.08 Å². The molecule has 4 rings (SSSR count). The molecule has 0 atom stereocenters. The van der Waals surface area contributed by atoms with E-state index in [0.717, 1.165) is 22.3 Å². The fourth-order valence-electron chi connectivity index (χ4n) is 3.82. The number of Topliss-reactive ketones (excluding diaryl/α,β-unsaturated/α-hetero) is 1. The Bertz CT molecular complexity index is 971. The molecular formula is C23H15NO. The van der Waals surface area contributed by atoms with Crippen molar-refractivity contribution in [2.24, 2.45) is 0 Å². The first-order chi connectivity index (χ1) is 12.3. The van der Waals surface area contributed by atoms with Crippen molar-refractivity contribution in [2.45, 2.75) is 5.41 Å². The van der Waals surface area contributed by atoms with Crippen LogP contribution in [0.25, 0.3) is 5.57 Å². The van der Waals surface area contributed by atoms with Crippen LogP contribution in [0.1, 0.15) is 22.3 Å². The van der Waals surface area contributed by atoms with Gasteiger partial charge in [-0.3, -0.25) is 4.79 Å². The lowest BCUT2D eigenvalue weighted by molar-refractivity contribution is -0.116. The Balaban J connectivity index is 2.15. The predicted molar refractivity (Wildman–Crippen MR) is 97.8 cm³/mol. The number of carbonyl (C=O) groups is 1. The molecule has 0 aromatic heterocycles. The van der Waals surface area contributed by atoms with Gasteiger partial charge in [0, 0.05) is 11.6 Å². The van der Waals surface area contributed by atoms with Gasteiger partial charge >= 0.3 is 0 Å². The van der Waals surface area contributed by atoms with Gasteiger partial charge in [-0.1, -0.05) is 84.9 Å². The number of hydrogen-bond acceptors (Lipinski definition) is 2. The Kier molecular flexibility index (Phi) is 3.56. The highest BCUT2D eigenvalue weighted by Crippen LogP contribution is 2.50. The lowest BCUT2D eigenvalue weighted by Crippen LogP contribution is -2.34. The number of nitrogens with zero attached hydrogens (tertiary/aromatic N) is 1. The third-order valence-corrected chi connectivity index (χ3v) is 4.83. The number of carbonyl (C=O) groups excluding carboxylic acids is 1. The summed E-state index contributed by atoms with van der Waals surface area (Å²) in [5.74, 6) is -0.0485. The van der Waals surface area contributed by atoms with E-state index in [-0.39, 0.29) is 5.78 Å². The maximum atomic E-state index is 13.7. The minimum atomic E-state index is -0.915. The maximum Gasteiger partial charge on any atom is 0.183 e. The van der Waals surface area contributed by atoms with E-state index in [4.69, 9.17) is 0 Å². The van der Waals surface area contributed by atoms with Crippen LogP contribution in [0.2, 0.25) is 0 Å². The van der Waals surface area contributed by atoms with Crippen LogP contribution in [-0.4, -0.2) is 5.78 Å². The molecule has 3 aromatic rings. The van der Waals surface area contributed by atoms with Gasteiger partial charge in [-0.25, -0.2) is 0 Å². The SMILES string of the molecule is N#C/C=C1\C(=O)C(c2ccccc2)(c2ccccc2)c2ccccc21. The first kappa shape index (κ1) is 15.1. The number of allylic oxidation sites excluding steroid dienone is 2. The maximum absolute atomic E-state index is 13.7. The normalized spacial score (nSPS) is 16.4.